The molecule has 1 saturated heterocycles. The third kappa shape index (κ3) is 3.94. The molecular formula is C23H27FN4O3. The maximum atomic E-state index is 14.1. The number of amides is 1. The third-order valence-corrected chi connectivity index (χ3v) is 5.42. The van der Waals surface area contributed by atoms with Crippen LogP contribution in [0, 0.1) is 18.7 Å². The first kappa shape index (κ1) is 21.1. The number of hydrogen-bond acceptors (Lipinski definition) is 4. The average Bonchev–Trinajstić information content (AvgIpc) is 3.23. The second-order valence-corrected chi connectivity index (χ2v) is 9.26. The Labute approximate surface area is 180 Å². The second-order valence-electron chi connectivity index (χ2n) is 9.26. The monoisotopic (exact) mass is 426 g/mol. The maximum absolute atomic E-state index is 14.1. The number of halogens is 1. The molecule has 8 heteroatoms. The lowest BCUT2D eigenvalue weighted by Gasteiger charge is -2.29. The van der Waals surface area contributed by atoms with Gasteiger partial charge < -0.3 is 4.74 Å². The summed E-state index contributed by atoms with van der Waals surface area (Å²) in [6.07, 6.45) is 1.89. The first-order valence-corrected chi connectivity index (χ1v) is 10.4. The number of likely N-dealkylation sites (tertiary alicyclic amines) is 1. The van der Waals surface area contributed by atoms with Gasteiger partial charge in [-0.15, -0.1) is 0 Å². The molecule has 1 aliphatic rings. The van der Waals surface area contributed by atoms with Crippen LogP contribution in [0.15, 0.2) is 41.3 Å². The molecule has 1 aromatic carbocycles. The Balaban J connectivity index is 1.92. The van der Waals surface area contributed by atoms with Crippen LogP contribution in [0.1, 0.15) is 51.5 Å². The highest BCUT2D eigenvalue weighted by atomic mass is 19.1. The minimum Gasteiger partial charge on any atom is -0.444 e. The van der Waals surface area contributed by atoms with E-state index in [2.05, 4.69) is 0 Å². The lowest BCUT2D eigenvalue weighted by Crippen LogP contribution is -2.39. The van der Waals surface area contributed by atoms with E-state index in [0.29, 0.717) is 30.0 Å². The van der Waals surface area contributed by atoms with Gasteiger partial charge in [-0.25, -0.2) is 13.7 Å². The first-order chi connectivity index (χ1) is 14.5. The molecule has 7 nitrogen and oxygen atoms in total. The Morgan fingerprint density at radius 1 is 1.26 bits per heavy atom. The van der Waals surface area contributed by atoms with E-state index in [4.69, 9.17) is 9.84 Å². The predicted molar refractivity (Wildman–Crippen MR) is 115 cm³/mol. The van der Waals surface area contributed by atoms with Gasteiger partial charge in [-0.05, 0) is 69.9 Å². The zero-order valence-corrected chi connectivity index (χ0v) is 18.4. The van der Waals surface area contributed by atoms with Crippen molar-refractivity contribution in [2.24, 2.45) is 5.92 Å². The van der Waals surface area contributed by atoms with E-state index in [1.807, 2.05) is 40.7 Å². The van der Waals surface area contributed by atoms with Gasteiger partial charge in [0, 0.05) is 12.7 Å². The van der Waals surface area contributed by atoms with Crippen molar-refractivity contribution in [2.75, 3.05) is 6.54 Å². The number of carbonyl (C=O) groups is 1. The van der Waals surface area contributed by atoms with Crippen LogP contribution in [-0.2, 0) is 4.74 Å². The highest BCUT2D eigenvalue weighted by Gasteiger charge is 2.39. The molecule has 1 amide bonds. The molecule has 1 fully saturated rings. The molecule has 2 atom stereocenters. The summed E-state index contributed by atoms with van der Waals surface area (Å²) in [5.74, 6) is 0.123. The Morgan fingerprint density at radius 3 is 2.68 bits per heavy atom. The van der Waals surface area contributed by atoms with Gasteiger partial charge in [0.05, 0.1) is 11.7 Å². The summed E-state index contributed by atoms with van der Waals surface area (Å²) in [4.78, 5) is 28.1. The Hall–Kier alpha value is -3.16. The standard InChI is InChI=1S/C23H27FN4O3/c1-14-11-18(26(13-14)22(30)31-23(3,4)5)20-25-27-10-9-15(2)19(27)21(29)28(20)17-8-6-7-16(24)12-17/h6-10,12,14,18H,11,13H2,1-5H3/t14-,18+/m1/s1. The molecule has 4 rings (SSSR count). The number of fused-ring (bicyclic) bond motifs is 1. The molecule has 0 radical (unpaired) electrons. The molecule has 2 aromatic heterocycles. The third-order valence-electron chi connectivity index (χ3n) is 5.42. The topological polar surface area (TPSA) is 68.8 Å². The van der Waals surface area contributed by atoms with E-state index in [1.165, 1.54) is 16.7 Å². The number of aryl methyl sites for hydroxylation is 1. The Morgan fingerprint density at radius 2 is 2.00 bits per heavy atom. The Bertz CT molecular complexity index is 1210. The van der Waals surface area contributed by atoms with Gasteiger partial charge in [0.15, 0.2) is 5.82 Å². The number of benzene rings is 1. The van der Waals surface area contributed by atoms with Gasteiger partial charge in [-0.1, -0.05) is 13.0 Å². The molecule has 3 heterocycles. The van der Waals surface area contributed by atoms with E-state index in [9.17, 15) is 14.0 Å². The molecule has 0 saturated carbocycles. The van der Waals surface area contributed by atoms with Crippen LogP contribution in [0.5, 0.6) is 0 Å². The average molecular weight is 426 g/mol. The fraction of sp³-hybridized carbons (Fsp3) is 0.435. The second kappa shape index (κ2) is 7.51. The van der Waals surface area contributed by atoms with E-state index < -0.39 is 23.6 Å². The summed E-state index contributed by atoms with van der Waals surface area (Å²) in [5, 5.41) is 4.72. The van der Waals surface area contributed by atoms with Crippen LogP contribution in [0.2, 0.25) is 0 Å². The van der Waals surface area contributed by atoms with Crippen LogP contribution in [-0.4, -0.2) is 37.3 Å². The summed E-state index contributed by atoms with van der Waals surface area (Å²) < 4.78 is 22.6. The van der Waals surface area contributed by atoms with Crippen LogP contribution in [0.25, 0.3) is 11.2 Å². The molecule has 0 unspecified atom stereocenters. The fourth-order valence-electron chi connectivity index (χ4n) is 4.13. The van der Waals surface area contributed by atoms with E-state index >= 15 is 0 Å². The summed E-state index contributed by atoms with van der Waals surface area (Å²) in [6, 6.07) is 7.18. The van der Waals surface area contributed by atoms with E-state index in [0.717, 1.165) is 5.56 Å². The van der Waals surface area contributed by atoms with Gasteiger partial charge in [-0.3, -0.25) is 14.3 Å². The molecular weight excluding hydrogens is 399 g/mol. The predicted octanol–water partition coefficient (Wildman–Crippen LogP) is 4.25. The summed E-state index contributed by atoms with van der Waals surface area (Å²) in [6.45, 7) is 9.80. The number of rotatable bonds is 2. The highest BCUT2D eigenvalue weighted by molar-refractivity contribution is 5.69. The van der Waals surface area contributed by atoms with Crippen molar-refractivity contribution in [3.63, 3.8) is 0 Å². The van der Waals surface area contributed by atoms with Crippen molar-refractivity contribution in [2.45, 2.75) is 52.7 Å². The minimum atomic E-state index is -0.648. The normalized spacial score (nSPS) is 19.2. The number of hydrogen-bond donors (Lipinski definition) is 0. The lowest BCUT2D eigenvalue weighted by molar-refractivity contribution is 0.0211. The van der Waals surface area contributed by atoms with Crippen molar-refractivity contribution in [1.82, 2.24) is 19.1 Å². The fourth-order valence-corrected chi connectivity index (χ4v) is 4.13. The molecule has 0 bridgehead atoms. The minimum absolute atomic E-state index is 0.192. The maximum Gasteiger partial charge on any atom is 0.410 e. The SMILES string of the molecule is Cc1ccn2nc([C@@H]3C[C@@H](C)CN3C(=O)OC(C)(C)C)n(-c3cccc(F)c3)c(=O)c12. The van der Waals surface area contributed by atoms with Crippen molar-refractivity contribution in [3.8, 4) is 5.69 Å². The molecule has 31 heavy (non-hydrogen) atoms. The molecule has 0 N–H and O–H groups in total. The molecule has 0 aliphatic carbocycles. The number of carbonyl (C=O) groups excluding carboxylic acids is 1. The molecule has 1 aliphatic heterocycles. The van der Waals surface area contributed by atoms with E-state index in [-0.39, 0.29) is 11.5 Å². The van der Waals surface area contributed by atoms with Crippen molar-refractivity contribution >= 4 is 11.6 Å². The van der Waals surface area contributed by atoms with Gasteiger partial charge >= 0.3 is 6.09 Å². The van der Waals surface area contributed by atoms with Gasteiger partial charge in [0.25, 0.3) is 5.56 Å². The van der Waals surface area contributed by atoms with E-state index in [1.54, 1.807) is 27.7 Å². The zero-order valence-electron chi connectivity index (χ0n) is 18.4. The van der Waals surface area contributed by atoms with Gasteiger partial charge in [0.1, 0.15) is 16.9 Å². The largest absolute Gasteiger partial charge is 0.444 e. The molecule has 3 aromatic rings. The zero-order chi connectivity index (χ0) is 22.5. The van der Waals surface area contributed by atoms with Crippen molar-refractivity contribution in [1.29, 1.82) is 0 Å². The van der Waals surface area contributed by atoms with Crippen LogP contribution >= 0.6 is 0 Å². The van der Waals surface area contributed by atoms with Crippen LogP contribution in [0.4, 0.5) is 9.18 Å². The summed E-state index contributed by atoms with van der Waals surface area (Å²) in [5.41, 5.74) is 0.617. The highest BCUT2D eigenvalue weighted by Crippen LogP contribution is 2.36. The molecule has 0 spiro atoms. The summed E-state index contributed by atoms with van der Waals surface area (Å²) >= 11 is 0. The summed E-state index contributed by atoms with van der Waals surface area (Å²) in [7, 11) is 0. The smallest absolute Gasteiger partial charge is 0.410 e. The number of aromatic nitrogens is 3. The Kier molecular flexibility index (Phi) is 5.11. The lowest BCUT2D eigenvalue weighted by atomic mass is 10.1. The quantitative estimate of drug-likeness (QED) is 0.614. The van der Waals surface area contributed by atoms with Crippen molar-refractivity contribution in [3.05, 3.63) is 64.1 Å². The number of ether oxygens (including phenoxy) is 1. The number of nitrogens with zero attached hydrogens (tertiary/aromatic N) is 4. The molecule has 164 valence electrons. The van der Waals surface area contributed by atoms with Gasteiger partial charge in [0.2, 0.25) is 0 Å². The van der Waals surface area contributed by atoms with Crippen LogP contribution < -0.4 is 5.56 Å². The van der Waals surface area contributed by atoms with Gasteiger partial charge in [-0.2, -0.15) is 5.10 Å². The van der Waals surface area contributed by atoms with Crippen LogP contribution in [0.3, 0.4) is 0 Å². The van der Waals surface area contributed by atoms with Crippen molar-refractivity contribution < 1.29 is 13.9 Å². The first-order valence-electron chi connectivity index (χ1n) is 10.4.